The smallest absolute Gasteiger partial charge is 0.0130 e. The fraction of sp³-hybridized carbons (Fsp3) is 0.143. The van der Waals surface area contributed by atoms with Gasteiger partial charge in [0, 0.05) is 5.92 Å². The molecule has 3 rings (SSSR count). The Labute approximate surface area is 127 Å². The van der Waals surface area contributed by atoms with Crippen molar-refractivity contribution in [3.63, 3.8) is 0 Å². The van der Waals surface area contributed by atoms with Crippen LogP contribution in [0.5, 0.6) is 0 Å². The van der Waals surface area contributed by atoms with Crippen LogP contribution in [0.2, 0.25) is 0 Å². The number of hydrogen-bond acceptors (Lipinski definition) is 0. The van der Waals surface area contributed by atoms with Crippen molar-refractivity contribution in [2.45, 2.75) is 19.3 Å². The summed E-state index contributed by atoms with van der Waals surface area (Å²) < 4.78 is 0. The highest BCUT2D eigenvalue weighted by Crippen LogP contribution is 2.29. The Morgan fingerprint density at radius 3 is 1.62 bits per heavy atom. The minimum Gasteiger partial charge on any atom is -0.0622 e. The Kier molecular flexibility index (Phi) is 4.16. The molecule has 104 valence electrons. The molecule has 0 aliphatic carbocycles. The van der Waals surface area contributed by atoms with E-state index >= 15 is 0 Å². The normalized spacial score (nSPS) is 10.8. The molecular formula is C21H20. The maximum absolute atomic E-state index is 2.24. The summed E-state index contributed by atoms with van der Waals surface area (Å²) in [7, 11) is 0. The van der Waals surface area contributed by atoms with Crippen LogP contribution < -0.4 is 0 Å². The highest BCUT2D eigenvalue weighted by atomic mass is 14.2. The van der Waals surface area contributed by atoms with Gasteiger partial charge < -0.3 is 0 Å². The minimum absolute atomic E-state index is 0.411. The van der Waals surface area contributed by atoms with E-state index < -0.39 is 0 Å². The second kappa shape index (κ2) is 6.41. The second-order valence-corrected chi connectivity index (χ2v) is 5.50. The molecule has 0 atom stereocenters. The number of hydrogen-bond donors (Lipinski definition) is 0. The van der Waals surface area contributed by atoms with Crippen LogP contribution >= 0.6 is 0 Å². The molecule has 21 heavy (non-hydrogen) atoms. The van der Waals surface area contributed by atoms with E-state index in [1.54, 1.807) is 0 Å². The summed E-state index contributed by atoms with van der Waals surface area (Å²) in [6.45, 7) is 2.20. The first-order valence-electron chi connectivity index (χ1n) is 7.49. The van der Waals surface area contributed by atoms with Crippen molar-refractivity contribution in [2.75, 3.05) is 0 Å². The summed E-state index contributed by atoms with van der Waals surface area (Å²) in [6.07, 6.45) is 1.04. The van der Waals surface area contributed by atoms with Gasteiger partial charge >= 0.3 is 0 Å². The summed E-state index contributed by atoms with van der Waals surface area (Å²) in [5.74, 6) is 0.411. The molecule has 0 heteroatoms. The van der Waals surface area contributed by atoms with Crippen LogP contribution in [0.15, 0.2) is 84.9 Å². The predicted molar refractivity (Wildman–Crippen MR) is 89.6 cm³/mol. The molecule has 0 aliphatic rings. The van der Waals surface area contributed by atoms with Crippen LogP contribution in [0.3, 0.4) is 0 Å². The lowest BCUT2D eigenvalue weighted by Crippen LogP contribution is -2.06. The average molecular weight is 272 g/mol. The van der Waals surface area contributed by atoms with Crippen molar-refractivity contribution in [3.05, 3.63) is 107 Å². The van der Waals surface area contributed by atoms with Crippen LogP contribution in [0.1, 0.15) is 28.2 Å². The van der Waals surface area contributed by atoms with Crippen molar-refractivity contribution >= 4 is 0 Å². The fourth-order valence-corrected chi connectivity index (χ4v) is 2.86. The monoisotopic (exact) mass is 272 g/mol. The Bertz CT molecular complexity index is 644. The van der Waals surface area contributed by atoms with Gasteiger partial charge in [-0.2, -0.15) is 0 Å². The molecule has 3 aromatic rings. The molecule has 0 fully saturated rings. The maximum Gasteiger partial charge on any atom is 0.0130 e. The van der Waals surface area contributed by atoms with E-state index in [4.69, 9.17) is 0 Å². The van der Waals surface area contributed by atoms with E-state index in [-0.39, 0.29) is 0 Å². The molecule has 0 bridgehead atoms. The zero-order valence-electron chi connectivity index (χ0n) is 12.4. The van der Waals surface area contributed by atoms with Crippen LogP contribution in [-0.4, -0.2) is 0 Å². The number of aryl methyl sites for hydroxylation is 1. The summed E-state index contributed by atoms with van der Waals surface area (Å²) in [5.41, 5.74) is 5.56. The zero-order chi connectivity index (χ0) is 14.5. The molecule has 0 nitrogen and oxygen atoms in total. The number of benzene rings is 3. The molecule has 0 N–H and O–H groups in total. The summed E-state index contributed by atoms with van der Waals surface area (Å²) >= 11 is 0. The summed E-state index contributed by atoms with van der Waals surface area (Å²) in [5, 5.41) is 0. The number of rotatable bonds is 4. The van der Waals surface area contributed by atoms with Crippen LogP contribution in [0.25, 0.3) is 0 Å². The Morgan fingerprint density at radius 2 is 1.10 bits per heavy atom. The van der Waals surface area contributed by atoms with E-state index in [1.165, 1.54) is 22.3 Å². The fourth-order valence-electron chi connectivity index (χ4n) is 2.86. The van der Waals surface area contributed by atoms with E-state index in [0.29, 0.717) is 5.92 Å². The lowest BCUT2D eigenvalue weighted by atomic mass is 9.85. The quantitative estimate of drug-likeness (QED) is 0.599. The Morgan fingerprint density at radius 1 is 0.619 bits per heavy atom. The first kappa shape index (κ1) is 13.6. The van der Waals surface area contributed by atoms with Crippen LogP contribution in [-0.2, 0) is 6.42 Å². The summed E-state index contributed by atoms with van der Waals surface area (Å²) in [6, 6.07) is 30.3. The molecule has 0 unspecified atom stereocenters. The van der Waals surface area contributed by atoms with Gasteiger partial charge in [-0.1, -0.05) is 84.9 Å². The van der Waals surface area contributed by atoms with Crippen molar-refractivity contribution in [1.82, 2.24) is 0 Å². The first-order chi connectivity index (χ1) is 10.3. The first-order valence-corrected chi connectivity index (χ1v) is 7.49. The highest BCUT2D eigenvalue weighted by Gasteiger charge is 2.15. The van der Waals surface area contributed by atoms with Gasteiger partial charge in [0.05, 0.1) is 0 Å². The van der Waals surface area contributed by atoms with Crippen molar-refractivity contribution in [1.29, 1.82) is 0 Å². The largest absolute Gasteiger partial charge is 0.0622 e. The third kappa shape index (κ3) is 3.22. The molecule has 0 aliphatic heterocycles. The molecule has 0 heterocycles. The minimum atomic E-state index is 0.411. The second-order valence-electron chi connectivity index (χ2n) is 5.50. The van der Waals surface area contributed by atoms with Gasteiger partial charge in [-0.05, 0) is 35.6 Å². The van der Waals surface area contributed by atoms with Crippen LogP contribution in [0.4, 0.5) is 0 Å². The third-order valence-corrected chi connectivity index (χ3v) is 4.09. The van der Waals surface area contributed by atoms with Crippen LogP contribution in [0, 0.1) is 6.92 Å². The van der Waals surface area contributed by atoms with E-state index in [0.717, 1.165) is 6.42 Å². The van der Waals surface area contributed by atoms with Crippen molar-refractivity contribution in [2.24, 2.45) is 0 Å². The van der Waals surface area contributed by atoms with Gasteiger partial charge in [0.2, 0.25) is 0 Å². The standard InChI is InChI=1S/C21H20/c1-17-10-8-9-15-20(17)16-21(18-11-4-2-5-12-18)19-13-6-3-7-14-19/h2-15,21H,16H2,1H3. The average Bonchev–Trinajstić information content (AvgIpc) is 2.56. The molecule has 0 saturated carbocycles. The van der Waals surface area contributed by atoms with Gasteiger partial charge in [-0.3, -0.25) is 0 Å². The van der Waals surface area contributed by atoms with E-state index in [1.807, 2.05) is 0 Å². The highest BCUT2D eigenvalue weighted by molar-refractivity contribution is 5.36. The molecule has 3 aromatic carbocycles. The Hall–Kier alpha value is -2.34. The van der Waals surface area contributed by atoms with Gasteiger partial charge in [0.1, 0.15) is 0 Å². The molecule has 0 saturated heterocycles. The lowest BCUT2D eigenvalue weighted by Gasteiger charge is -2.19. The van der Waals surface area contributed by atoms with Gasteiger partial charge in [0.25, 0.3) is 0 Å². The van der Waals surface area contributed by atoms with Gasteiger partial charge in [0.15, 0.2) is 0 Å². The Balaban J connectivity index is 1.99. The lowest BCUT2D eigenvalue weighted by molar-refractivity contribution is 0.800. The maximum atomic E-state index is 2.24. The predicted octanol–water partition coefficient (Wildman–Crippen LogP) is 5.37. The molecule has 0 aromatic heterocycles. The zero-order valence-corrected chi connectivity index (χ0v) is 12.4. The molecule has 0 spiro atoms. The SMILES string of the molecule is Cc1ccccc1CC(c1ccccc1)c1ccccc1. The molecule has 0 amide bonds. The van der Waals surface area contributed by atoms with Crippen molar-refractivity contribution < 1.29 is 0 Å². The molecular weight excluding hydrogens is 252 g/mol. The van der Waals surface area contributed by atoms with E-state index in [9.17, 15) is 0 Å². The van der Waals surface area contributed by atoms with Gasteiger partial charge in [-0.15, -0.1) is 0 Å². The topological polar surface area (TPSA) is 0 Å². The third-order valence-electron chi connectivity index (χ3n) is 4.09. The van der Waals surface area contributed by atoms with Gasteiger partial charge in [-0.25, -0.2) is 0 Å². The molecule has 0 radical (unpaired) electrons. The summed E-state index contributed by atoms with van der Waals surface area (Å²) in [4.78, 5) is 0. The van der Waals surface area contributed by atoms with E-state index in [2.05, 4.69) is 91.9 Å². The van der Waals surface area contributed by atoms with Crippen molar-refractivity contribution in [3.8, 4) is 0 Å².